The quantitative estimate of drug-likeness (QED) is 0.411. The Balaban J connectivity index is 2.60. The second-order valence-corrected chi connectivity index (χ2v) is 7.02. The third-order valence-corrected chi connectivity index (χ3v) is 4.87. The van der Waals surface area contributed by atoms with E-state index in [-0.39, 0.29) is 17.1 Å². The molecule has 0 bridgehead atoms. The van der Waals surface area contributed by atoms with Gasteiger partial charge in [0.15, 0.2) is 11.3 Å². The van der Waals surface area contributed by atoms with Crippen LogP contribution in [0.1, 0.15) is 31.2 Å². The average Bonchev–Trinajstić information content (AvgIpc) is 2.43. The van der Waals surface area contributed by atoms with Gasteiger partial charge in [-0.25, -0.2) is 8.42 Å². The van der Waals surface area contributed by atoms with Gasteiger partial charge in [0.1, 0.15) is 0 Å². The Hall–Kier alpha value is -0.950. The number of carbonyl (C=O) groups excluding carboxylic acids is 1. The van der Waals surface area contributed by atoms with Crippen molar-refractivity contribution in [2.75, 3.05) is 6.54 Å². The second-order valence-electron chi connectivity index (χ2n) is 4.87. The molecule has 0 fully saturated rings. The zero-order valence-electron chi connectivity index (χ0n) is 12.0. The Morgan fingerprint density at radius 2 is 2.05 bits per heavy atom. The van der Waals surface area contributed by atoms with Crippen LogP contribution in [0.15, 0.2) is 29.2 Å². The minimum absolute atomic E-state index is 0.101. The SMILES string of the molecule is Cc1cccc(S(=O)(=O)NC(Cl)C(=O)CCCCCN)c1. The number of benzene rings is 1. The van der Waals surface area contributed by atoms with E-state index in [4.69, 9.17) is 17.3 Å². The van der Waals surface area contributed by atoms with Crippen LogP contribution in [0.25, 0.3) is 0 Å². The number of nitrogens with two attached hydrogens (primary N) is 1. The van der Waals surface area contributed by atoms with Gasteiger partial charge in [-0.1, -0.05) is 30.2 Å². The van der Waals surface area contributed by atoms with Crippen LogP contribution in [0.4, 0.5) is 0 Å². The smallest absolute Gasteiger partial charge is 0.242 e. The van der Waals surface area contributed by atoms with Gasteiger partial charge in [0.2, 0.25) is 10.0 Å². The van der Waals surface area contributed by atoms with Crippen LogP contribution in [0.3, 0.4) is 0 Å². The summed E-state index contributed by atoms with van der Waals surface area (Å²) in [6.45, 7) is 2.37. The van der Waals surface area contributed by atoms with E-state index in [1.54, 1.807) is 19.1 Å². The summed E-state index contributed by atoms with van der Waals surface area (Å²) in [5.74, 6) is -0.329. The largest absolute Gasteiger partial charge is 0.330 e. The van der Waals surface area contributed by atoms with Gasteiger partial charge >= 0.3 is 0 Å². The van der Waals surface area contributed by atoms with E-state index in [9.17, 15) is 13.2 Å². The first-order valence-corrected chi connectivity index (χ1v) is 8.74. The van der Waals surface area contributed by atoms with Crippen LogP contribution in [0.5, 0.6) is 0 Å². The van der Waals surface area contributed by atoms with Crippen molar-refractivity contribution in [2.45, 2.75) is 43.0 Å². The van der Waals surface area contributed by atoms with Crippen LogP contribution < -0.4 is 10.5 Å². The molecule has 0 saturated heterocycles. The summed E-state index contributed by atoms with van der Waals surface area (Å²) in [5, 5.41) is 0. The fourth-order valence-electron chi connectivity index (χ4n) is 1.80. The van der Waals surface area contributed by atoms with E-state index in [0.29, 0.717) is 13.0 Å². The fraction of sp³-hybridized carbons (Fsp3) is 0.500. The van der Waals surface area contributed by atoms with Crippen LogP contribution in [0, 0.1) is 6.92 Å². The highest BCUT2D eigenvalue weighted by Gasteiger charge is 2.23. The summed E-state index contributed by atoms with van der Waals surface area (Å²) in [4.78, 5) is 11.9. The Kier molecular flexibility index (Phi) is 7.31. The predicted molar refractivity (Wildman–Crippen MR) is 83.7 cm³/mol. The van der Waals surface area contributed by atoms with E-state index < -0.39 is 15.5 Å². The molecule has 0 spiro atoms. The van der Waals surface area contributed by atoms with Crippen molar-refractivity contribution in [1.29, 1.82) is 0 Å². The number of hydrogen-bond donors (Lipinski definition) is 2. The summed E-state index contributed by atoms with van der Waals surface area (Å²) >= 11 is 5.85. The number of rotatable bonds is 9. The zero-order valence-corrected chi connectivity index (χ0v) is 13.6. The normalized spacial score (nSPS) is 13.1. The molecule has 0 saturated carbocycles. The van der Waals surface area contributed by atoms with Crippen molar-refractivity contribution >= 4 is 27.4 Å². The number of hydrogen-bond acceptors (Lipinski definition) is 4. The van der Waals surface area contributed by atoms with Crippen LogP contribution in [-0.2, 0) is 14.8 Å². The van der Waals surface area contributed by atoms with Crippen molar-refractivity contribution in [3.63, 3.8) is 0 Å². The molecule has 0 aliphatic rings. The number of aryl methyl sites for hydroxylation is 1. The van der Waals surface area contributed by atoms with Gasteiger partial charge in [-0.3, -0.25) is 4.79 Å². The number of unbranched alkanes of at least 4 members (excludes halogenated alkanes) is 2. The van der Waals surface area contributed by atoms with Crippen molar-refractivity contribution in [3.05, 3.63) is 29.8 Å². The molecule has 3 N–H and O–H groups in total. The molecule has 0 aliphatic carbocycles. The molecule has 7 heteroatoms. The van der Waals surface area contributed by atoms with E-state index in [0.717, 1.165) is 18.4 Å². The summed E-state index contributed by atoms with van der Waals surface area (Å²) in [6.07, 6.45) is 2.57. The molecule has 0 aliphatic heterocycles. The topological polar surface area (TPSA) is 89.3 Å². The number of carbonyl (C=O) groups is 1. The zero-order chi connectivity index (χ0) is 15.9. The molecule has 1 aromatic carbocycles. The summed E-state index contributed by atoms with van der Waals surface area (Å²) < 4.78 is 26.4. The third kappa shape index (κ3) is 6.13. The van der Waals surface area contributed by atoms with Gasteiger partial charge in [0.05, 0.1) is 4.90 Å². The molecule has 1 unspecified atom stereocenters. The van der Waals surface area contributed by atoms with Gasteiger partial charge in [-0.2, -0.15) is 4.72 Å². The molecule has 0 radical (unpaired) electrons. The highest BCUT2D eigenvalue weighted by atomic mass is 35.5. The maximum atomic E-state index is 12.1. The van der Waals surface area contributed by atoms with Crippen LogP contribution in [0.2, 0.25) is 0 Å². The van der Waals surface area contributed by atoms with Crippen LogP contribution in [-0.4, -0.2) is 26.2 Å². The highest BCUT2D eigenvalue weighted by molar-refractivity contribution is 7.89. The monoisotopic (exact) mass is 332 g/mol. The highest BCUT2D eigenvalue weighted by Crippen LogP contribution is 2.13. The van der Waals surface area contributed by atoms with Gasteiger partial charge in [-0.05, 0) is 44.0 Å². The van der Waals surface area contributed by atoms with E-state index in [1.807, 2.05) is 0 Å². The van der Waals surface area contributed by atoms with E-state index in [1.165, 1.54) is 12.1 Å². The second kappa shape index (κ2) is 8.48. The van der Waals surface area contributed by atoms with Gasteiger partial charge in [-0.15, -0.1) is 0 Å². The fourth-order valence-corrected chi connectivity index (χ4v) is 3.40. The van der Waals surface area contributed by atoms with Crippen LogP contribution >= 0.6 is 11.6 Å². The Morgan fingerprint density at radius 1 is 1.33 bits per heavy atom. The van der Waals surface area contributed by atoms with Crippen molar-refractivity contribution < 1.29 is 13.2 Å². The Morgan fingerprint density at radius 3 is 2.67 bits per heavy atom. The van der Waals surface area contributed by atoms with E-state index in [2.05, 4.69) is 4.72 Å². The Bertz CT molecular complexity index is 575. The predicted octanol–water partition coefficient (Wildman–Crippen LogP) is 1.93. The molecular formula is C14H21ClN2O3S. The van der Waals surface area contributed by atoms with Crippen molar-refractivity contribution in [3.8, 4) is 0 Å². The summed E-state index contributed by atoms with van der Waals surface area (Å²) in [5.41, 5.74) is 4.94. The minimum atomic E-state index is -3.79. The maximum Gasteiger partial charge on any atom is 0.242 e. The summed E-state index contributed by atoms with van der Waals surface area (Å²) in [6, 6.07) is 6.42. The lowest BCUT2D eigenvalue weighted by atomic mass is 10.1. The molecule has 1 rings (SSSR count). The number of Topliss-reactive ketones (excluding diaryl/α,β-unsaturated/α-hetero) is 1. The first-order valence-electron chi connectivity index (χ1n) is 6.82. The number of sulfonamides is 1. The number of ketones is 1. The van der Waals surface area contributed by atoms with Crippen molar-refractivity contribution in [2.24, 2.45) is 5.73 Å². The molecule has 21 heavy (non-hydrogen) atoms. The van der Waals surface area contributed by atoms with Gasteiger partial charge < -0.3 is 5.73 Å². The van der Waals surface area contributed by atoms with Gasteiger partial charge in [0.25, 0.3) is 0 Å². The molecule has 0 heterocycles. The summed E-state index contributed by atoms with van der Waals surface area (Å²) in [7, 11) is -3.79. The molecule has 5 nitrogen and oxygen atoms in total. The molecule has 0 aromatic heterocycles. The third-order valence-electron chi connectivity index (χ3n) is 2.97. The molecular weight excluding hydrogens is 312 g/mol. The lowest BCUT2D eigenvalue weighted by Crippen LogP contribution is -2.36. The number of nitrogens with one attached hydrogen (secondary N) is 1. The first-order chi connectivity index (χ1) is 9.86. The lowest BCUT2D eigenvalue weighted by molar-refractivity contribution is -0.119. The molecule has 0 amide bonds. The first kappa shape index (κ1) is 18.1. The molecule has 1 atom stereocenters. The standard InChI is InChI=1S/C14H21ClN2O3S/c1-11-6-5-7-12(10-11)21(19,20)17-14(15)13(18)8-3-2-4-9-16/h5-7,10,14,17H,2-4,8-9,16H2,1H3. The Labute approximate surface area is 130 Å². The lowest BCUT2D eigenvalue weighted by Gasteiger charge is -2.12. The molecule has 118 valence electrons. The molecule has 1 aromatic rings. The number of halogens is 1. The van der Waals surface area contributed by atoms with E-state index >= 15 is 0 Å². The maximum absolute atomic E-state index is 12.1. The minimum Gasteiger partial charge on any atom is -0.330 e. The average molecular weight is 333 g/mol. The van der Waals surface area contributed by atoms with Crippen molar-refractivity contribution in [1.82, 2.24) is 4.72 Å². The number of alkyl halides is 1. The van der Waals surface area contributed by atoms with Gasteiger partial charge in [0, 0.05) is 6.42 Å².